The van der Waals surface area contributed by atoms with Gasteiger partial charge < -0.3 is 9.88 Å². The third-order valence-corrected chi connectivity index (χ3v) is 5.49. The molecule has 162 valence electrons. The summed E-state index contributed by atoms with van der Waals surface area (Å²) in [5.41, 5.74) is 1.59. The second-order valence-corrected chi connectivity index (χ2v) is 8.42. The number of benzene rings is 2. The van der Waals surface area contributed by atoms with Gasteiger partial charge >= 0.3 is 0 Å². The highest BCUT2D eigenvalue weighted by Gasteiger charge is 2.19. The molecule has 0 saturated heterocycles. The van der Waals surface area contributed by atoms with Crippen molar-refractivity contribution in [1.29, 1.82) is 0 Å². The van der Waals surface area contributed by atoms with E-state index in [-0.39, 0.29) is 23.3 Å². The SMILES string of the molecule is CCC(=O)Nc1ccc(C(=O)CSc2nnc(-c3ccccc3F)n2CC(C)C)cc1. The van der Waals surface area contributed by atoms with Crippen LogP contribution in [0.5, 0.6) is 0 Å². The van der Waals surface area contributed by atoms with E-state index in [4.69, 9.17) is 0 Å². The van der Waals surface area contributed by atoms with Gasteiger partial charge in [-0.05, 0) is 42.3 Å². The van der Waals surface area contributed by atoms with Gasteiger partial charge in [-0.25, -0.2) is 4.39 Å². The van der Waals surface area contributed by atoms with Crippen molar-refractivity contribution < 1.29 is 14.0 Å². The highest BCUT2D eigenvalue weighted by atomic mass is 32.2. The molecule has 1 N–H and O–H groups in total. The Bertz CT molecular complexity index is 1060. The molecule has 0 unspecified atom stereocenters. The monoisotopic (exact) mass is 440 g/mol. The molecule has 3 rings (SSSR count). The van der Waals surface area contributed by atoms with Crippen LogP contribution in [-0.2, 0) is 11.3 Å². The topological polar surface area (TPSA) is 76.9 Å². The molecule has 8 heteroatoms. The van der Waals surface area contributed by atoms with Crippen LogP contribution in [0.2, 0.25) is 0 Å². The van der Waals surface area contributed by atoms with Crippen LogP contribution in [0.3, 0.4) is 0 Å². The molecule has 0 aliphatic rings. The van der Waals surface area contributed by atoms with Gasteiger partial charge in [0.1, 0.15) is 5.82 Å². The van der Waals surface area contributed by atoms with Gasteiger partial charge in [0.25, 0.3) is 0 Å². The Morgan fingerprint density at radius 1 is 1.10 bits per heavy atom. The fraction of sp³-hybridized carbons (Fsp3) is 0.304. The van der Waals surface area contributed by atoms with Crippen LogP contribution in [0.25, 0.3) is 11.4 Å². The highest BCUT2D eigenvalue weighted by molar-refractivity contribution is 7.99. The number of aromatic nitrogens is 3. The molecule has 0 bridgehead atoms. The number of halogens is 1. The number of nitrogens with zero attached hydrogens (tertiary/aromatic N) is 3. The molecule has 1 aromatic heterocycles. The fourth-order valence-electron chi connectivity index (χ4n) is 2.97. The van der Waals surface area contributed by atoms with Crippen molar-refractivity contribution in [3.05, 3.63) is 59.9 Å². The van der Waals surface area contributed by atoms with Crippen molar-refractivity contribution in [1.82, 2.24) is 14.8 Å². The van der Waals surface area contributed by atoms with Crippen LogP contribution >= 0.6 is 11.8 Å². The first-order valence-corrected chi connectivity index (χ1v) is 11.1. The van der Waals surface area contributed by atoms with Crippen LogP contribution in [0.4, 0.5) is 10.1 Å². The highest BCUT2D eigenvalue weighted by Crippen LogP contribution is 2.27. The predicted octanol–water partition coefficient (Wildman–Crippen LogP) is 5.06. The van der Waals surface area contributed by atoms with Crippen molar-refractivity contribution in [2.75, 3.05) is 11.1 Å². The lowest BCUT2D eigenvalue weighted by molar-refractivity contribution is -0.115. The zero-order valence-electron chi connectivity index (χ0n) is 17.8. The van der Waals surface area contributed by atoms with Gasteiger partial charge in [0.2, 0.25) is 5.91 Å². The molecule has 0 atom stereocenters. The number of ketones is 1. The zero-order chi connectivity index (χ0) is 22.4. The van der Waals surface area contributed by atoms with Crippen molar-refractivity contribution in [3.8, 4) is 11.4 Å². The summed E-state index contributed by atoms with van der Waals surface area (Å²) in [5, 5.41) is 11.7. The minimum Gasteiger partial charge on any atom is -0.326 e. The molecule has 0 saturated carbocycles. The molecule has 1 heterocycles. The van der Waals surface area contributed by atoms with Crippen LogP contribution in [0.1, 0.15) is 37.6 Å². The Labute approximate surface area is 185 Å². The first-order valence-electron chi connectivity index (χ1n) is 10.1. The molecule has 0 spiro atoms. The smallest absolute Gasteiger partial charge is 0.224 e. The van der Waals surface area contributed by atoms with E-state index >= 15 is 0 Å². The molecular weight excluding hydrogens is 415 g/mol. The number of rotatable bonds is 9. The Morgan fingerprint density at radius 3 is 2.45 bits per heavy atom. The third-order valence-electron chi connectivity index (χ3n) is 4.52. The van der Waals surface area contributed by atoms with Gasteiger partial charge in [-0.3, -0.25) is 9.59 Å². The van der Waals surface area contributed by atoms with Gasteiger partial charge in [-0.1, -0.05) is 44.7 Å². The number of anilines is 1. The van der Waals surface area contributed by atoms with Gasteiger partial charge in [0, 0.05) is 24.2 Å². The number of nitrogens with one attached hydrogen (secondary N) is 1. The minimum atomic E-state index is -0.359. The molecule has 3 aromatic rings. The summed E-state index contributed by atoms with van der Waals surface area (Å²) in [5.74, 6) is 0.423. The Hall–Kier alpha value is -3.00. The molecule has 0 fully saturated rings. The van der Waals surface area contributed by atoms with Crippen LogP contribution in [0.15, 0.2) is 53.7 Å². The minimum absolute atomic E-state index is 0.0649. The quantitative estimate of drug-likeness (QED) is 0.372. The van der Waals surface area contributed by atoms with E-state index < -0.39 is 0 Å². The van der Waals surface area contributed by atoms with E-state index in [0.717, 1.165) is 0 Å². The van der Waals surface area contributed by atoms with Crippen molar-refractivity contribution in [2.24, 2.45) is 5.92 Å². The van der Waals surface area contributed by atoms with E-state index in [1.54, 1.807) is 49.4 Å². The number of carbonyl (C=O) groups excluding carboxylic acids is 2. The Morgan fingerprint density at radius 2 is 1.81 bits per heavy atom. The summed E-state index contributed by atoms with van der Waals surface area (Å²) in [6, 6.07) is 13.3. The number of hydrogen-bond donors (Lipinski definition) is 1. The van der Waals surface area contributed by atoms with E-state index in [1.165, 1.54) is 17.8 Å². The lowest BCUT2D eigenvalue weighted by atomic mass is 10.1. The number of hydrogen-bond acceptors (Lipinski definition) is 5. The van der Waals surface area contributed by atoms with Crippen molar-refractivity contribution >= 4 is 29.1 Å². The molecule has 6 nitrogen and oxygen atoms in total. The summed E-state index contributed by atoms with van der Waals surface area (Å²) in [6.45, 7) is 6.51. The van der Waals surface area contributed by atoms with Crippen molar-refractivity contribution in [2.45, 2.75) is 38.9 Å². The van der Waals surface area contributed by atoms with E-state index in [9.17, 15) is 14.0 Å². The molecule has 2 aromatic carbocycles. The molecule has 0 aliphatic carbocycles. The Balaban J connectivity index is 1.74. The molecule has 0 aliphatic heterocycles. The second-order valence-electron chi connectivity index (χ2n) is 7.48. The molecular formula is C23H25FN4O2S. The normalized spacial score (nSPS) is 11.0. The maximum atomic E-state index is 14.3. The van der Waals surface area contributed by atoms with E-state index in [2.05, 4.69) is 29.4 Å². The zero-order valence-corrected chi connectivity index (χ0v) is 18.6. The fourth-order valence-corrected chi connectivity index (χ4v) is 3.81. The summed E-state index contributed by atoms with van der Waals surface area (Å²) < 4.78 is 16.2. The van der Waals surface area contributed by atoms with E-state index in [0.29, 0.717) is 46.7 Å². The first kappa shape index (κ1) is 22.7. The van der Waals surface area contributed by atoms with Gasteiger partial charge in [-0.2, -0.15) is 0 Å². The van der Waals surface area contributed by atoms with Gasteiger partial charge in [0.15, 0.2) is 16.8 Å². The molecule has 0 radical (unpaired) electrons. The summed E-state index contributed by atoms with van der Waals surface area (Å²) in [6.07, 6.45) is 0.392. The summed E-state index contributed by atoms with van der Waals surface area (Å²) >= 11 is 1.28. The second kappa shape index (κ2) is 10.3. The maximum absolute atomic E-state index is 14.3. The first-order chi connectivity index (χ1) is 14.9. The maximum Gasteiger partial charge on any atom is 0.224 e. The van der Waals surface area contributed by atoms with Crippen LogP contribution in [-0.4, -0.2) is 32.2 Å². The van der Waals surface area contributed by atoms with Gasteiger partial charge in [-0.15, -0.1) is 10.2 Å². The number of thioether (sulfide) groups is 1. The number of carbonyl (C=O) groups is 2. The van der Waals surface area contributed by atoms with Crippen LogP contribution < -0.4 is 5.32 Å². The number of amides is 1. The summed E-state index contributed by atoms with van der Waals surface area (Å²) in [4.78, 5) is 24.1. The Kier molecular flexibility index (Phi) is 7.57. The van der Waals surface area contributed by atoms with E-state index in [1.807, 2.05) is 4.57 Å². The average Bonchev–Trinajstić information content (AvgIpc) is 3.14. The third kappa shape index (κ3) is 5.79. The molecule has 31 heavy (non-hydrogen) atoms. The average molecular weight is 441 g/mol. The standard InChI is InChI=1S/C23H25FN4O2S/c1-4-21(30)25-17-11-9-16(10-12-17)20(29)14-31-23-27-26-22(28(23)13-15(2)3)18-7-5-6-8-19(18)24/h5-12,15H,4,13-14H2,1-3H3,(H,25,30). The lowest BCUT2D eigenvalue weighted by Crippen LogP contribution is -2.10. The van der Waals surface area contributed by atoms with Crippen molar-refractivity contribution in [3.63, 3.8) is 0 Å². The largest absolute Gasteiger partial charge is 0.326 e. The van der Waals surface area contributed by atoms with Crippen LogP contribution in [0, 0.1) is 11.7 Å². The number of Topliss-reactive ketones (excluding diaryl/α,β-unsaturated/α-hetero) is 1. The summed E-state index contributed by atoms with van der Waals surface area (Å²) in [7, 11) is 0. The van der Waals surface area contributed by atoms with Gasteiger partial charge in [0.05, 0.1) is 11.3 Å². The predicted molar refractivity (Wildman–Crippen MR) is 121 cm³/mol. The molecule has 1 amide bonds. The lowest BCUT2D eigenvalue weighted by Gasteiger charge is -2.12.